The van der Waals surface area contributed by atoms with Gasteiger partial charge in [-0.2, -0.15) is 0 Å². The minimum atomic E-state index is -1.17. The van der Waals surface area contributed by atoms with Gasteiger partial charge in [0.25, 0.3) is 0 Å². The Labute approximate surface area is 150 Å². The summed E-state index contributed by atoms with van der Waals surface area (Å²) in [5.41, 5.74) is 1.05. The van der Waals surface area contributed by atoms with E-state index in [-0.39, 0.29) is 18.6 Å². The van der Waals surface area contributed by atoms with Gasteiger partial charge in [0.15, 0.2) is 17.6 Å². The number of rotatable bonds is 8. The van der Waals surface area contributed by atoms with Gasteiger partial charge in [0, 0.05) is 6.42 Å². The minimum absolute atomic E-state index is 0.0334. The zero-order chi connectivity index (χ0) is 19.1. The summed E-state index contributed by atoms with van der Waals surface area (Å²) in [6.07, 6.45) is 0.313. The Morgan fingerprint density at radius 3 is 2.35 bits per heavy atom. The van der Waals surface area contributed by atoms with E-state index < -0.39 is 23.7 Å². The molecule has 2 aromatic rings. The van der Waals surface area contributed by atoms with Gasteiger partial charge in [-0.3, -0.25) is 4.79 Å². The van der Waals surface area contributed by atoms with E-state index in [0.29, 0.717) is 16.9 Å². The monoisotopic (exact) mass is 361 g/mol. The average Bonchev–Trinajstić information content (AvgIpc) is 2.64. The average molecular weight is 361 g/mol. The number of hydrogen-bond donors (Lipinski definition) is 2. The second-order valence-corrected chi connectivity index (χ2v) is 5.58. The number of carboxylic acid groups (broad SMARTS) is 1. The van der Waals surface area contributed by atoms with Crippen molar-refractivity contribution in [2.45, 2.75) is 18.9 Å². The van der Waals surface area contributed by atoms with Crippen LogP contribution in [0.1, 0.15) is 23.6 Å². The molecule has 0 aliphatic carbocycles. The number of nitrogens with one attached hydrogen (secondary N) is 1. The van der Waals surface area contributed by atoms with E-state index in [2.05, 4.69) is 5.32 Å². The van der Waals surface area contributed by atoms with Crippen molar-refractivity contribution in [2.75, 3.05) is 14.2 Å². The lowest BCUT2D eigenvalue weighted by molar-refractivity contribution is -0.142. The maximum Gasteiger partial charge on any atom is 0.330 e. The number of aryl methyl sites for hydroxylation is 1. The Morgan fingerprint density at radius 2 is 1.81 bits per heavy atom. The van der Waals surface area contributed by atoms with E-state index in [0.717, 1.165) is 0 Å². The van der Waals surface area contributed by atoms with Crippen LogP contribution in [0.2, 0.25) is 0 Å². The van der Waals surface area contributed by atoms with Crippen molar-refractivity contribution >= 4 is 11.9 Å². The number of carboxylic acids is 1. The Morgan fingerprint density at radius 1 is 1.12 bits per heavy atom. The highest BCUT2D eigenvalue weighted by atomic mass is 19.1. The first-order chi connectivity index (χ1) is 12.4. The Kier molecular flexibility index (Phi) is 6.54. The van der Waals surface area contributed by atoms with Gasteiger partial charge < -0.3 is 19.9 Å². The molecule has 0 aliphatic rings. The van der Waals surface area contributed by atoms with Crippen LogP contribution in [0.15, 0.2) is 42.5 Å². The van der Waals surface area contributed by atoms with Crippen molar-refractivity contribution in [2.24, 2.45) is 0 Å². The summed E-state index contributed by atoms with van der Waals surface area (Å²) in [4.78, 5) is 23.6. The van der Waals surface area contributed by atoms with Gasteiger partial charge >= 0.3 is 5.97 Å². The normalized spacial score (nSPS) is 11.5. The maximum atomic E-state index is 13.7. The molecule has 0 aromatic heterocycles. The molecule has 0 bridgehead atoms. The summed E-state index contributed by atoms with van der Waals surface area (Å²) >= 11 is 0. The molecule has 6 nitrogen and oxygen atoms in total. The van der Waals surface area contributed by atoms with Gasteiger partial charge in [0.1, 0.15) is 5.75 Å². The van der Waals surface area contributed by atoms with Crippen LogP contribution in [0, 0.1) is 5.82 Å². The molecule has 2 rings (SSSR count). The van der Waals surface area contributed by atoms with Crippen LogP contribution in [-0.2, 0) is 16.0 Å². The number of amides is 1. The van der Waals surface area contributed by atoms with Crippen LogP contribution in [0.4, 0.5) is 4.39 Å². The molecule has 0 aliphatic heterocycles. The molecule has 0 saturated heterocycles. The zero-order valence-corrected chi connectivity index (χ0v) is 14.5. The number of halogens is 1. The second-order valence-electron chi connectivity index (χ2n) is 5.58. The summed E-state index contributed by atoms with van der Waals surface area (Å²) in [6.45, 7) is 0. The standard InChI is InChI=1S/C19H20FNO5/c1-25-14-7-5-13(6-8-14)18(19(23)24)21-17(22)10-4-12-3-9-16(26-2)15(20)11-12/h3,5-9,11,18H,4,10H2,1-2H3,(H,21,22)(H,23,24). The molecule has 0 saturated carbocycles. The molecule has 26 heavy (non-hydrogen) atoms. The Balaban J connectivity index is 1.99. The molecule has 1 atom stereocenters. The topological polar surface area (TPSA) is 84.9 Å². The molecule has 2 N–H and O–H groups in total. The van der Waals surface area contributed by atoms with Crippen molar-refractivity contribution in [3.63, 3.8) is 0 Å². The Hall–Kier alpha value is -3.09. The van der Waals surface area contributed by atoms with E-state index in [1.54, 1.807) is 30.3 Å². The van der Waals surface area contributed by atoms with Gasteiger partial charge in [0.2, 0.25) is 5.91 Å². The van der Waals surface area contributed by atoms with Crippen molar-refractivity contribution in [1.29, 1.82) is 0 Å². The minimum Gasteiger partial charge on any atom is -0.497 e. The molecule has 0 radical (unpaired) electrons. The molecule has 0 spiro atoms. The fourth-order valence-corrected chi connectivity index (χ4v) is 2.44. The van der Waals surface area contributed by atoms with Crippen LogP contribution in [0.3, 0.4) is 0 Å². The van der Waals surface area contributed by atoms with Gasteiger partial charge in [0.05, 0.1) is 14.2 Å². The number of methoxy groups -OCH3 is 2. The first kappa shape index (κ1) is 19.2. The first-order valence-corrected chi connectivity index (χ1v) is 7.93. The predicted octanol–water partition coefficient (Wildman–Crippen LogP) is 2.72. The lowest BCUT2D eigenvalue weighted by Crippen LogP contribution is -2.33. The lowest BCUT2D eigenvalue weighted by Gasteiger charge is -2.15. The molecule has 1 amide bonds. The third-order valence-electron chi connectivity index (χ3n) is 3.86. The molecule has 1 unspecified atom stereocenters. The fourth-order valence-electron chi connectivity index (χ4n) is 2.44. The van der Waals surface area contributed by atoms with Crippen LogP contribution < -0.4 is 14.8 Å². The number of hydrogen-bond acceptors (Lipinski definition) is 4. The first-order valence-electron chi connectivity index (χ1n) is 7.93. The molecule has 7 heteroatoms. The fraction of sp³-hybridized carbons (Fsp3) is 0.263. The SMILES string of the molecule is COc1ccc(C(NC(=O)CCc2ccc(OC)c(F)c2)C(=O)O)cc1. The van der Waals surface area contributed by atoms with Crippen LogP contribution in [0.25, 0.3) is 0 Å². The van der Waals surface area contributed by atoms with Gasteiger partial charge in [-0.05, 0) is 41.8 Å². The molecular weight excluding hydrogens is 341 g/mol. The highest BCUT2D eigenvalue weighted by Crippen LogP contribution is 2.20. The summed E-state index contributed by atoms with van der Waals surface area (Å²) < 4.78 is 23.5. The van der Waals surface area contributed by atoms with Crippen molar-refractivity contribution < 1.29 is 28.6 Å². The molecule has 0 heterocycles. The molecule has 138 valence electrons. The zero-order valence-electron chi connectivity index (χ0n) is 14.5. The number of carbonyl (C=O) groups excluding carboxylic acids is 1. The van der Waals surface area contributed by atoms with E-state index >= 15 is 0 Å². The summed E-state index contributed by atoms with van der Waals surface area (Å²) in [5, 5.41) is 11.9. The van der Waals surface area contributed by atoms with Crippen LogP contribution in [-0.4, -0.2) is 31.2 Å². The maximum absolute atomic E-state index is 13.7. The molecule has 0 fully saturated rings. The highest BCUT2D eigenvalue weighted by Gasteiger charge is 2.22. The highest BCUT2D eigenvalue weighted by molar-refractivity contribution is 5.84. The van der Waals surface area contributed by atoms with E-state index in [1.807, 2.05) is 0 Å². The molecular formula is C19H20FNO5. The number of carbonyl (C=O) groups is 2. The number of aliphatic carboxylic acids is 1. The smallest absolute Gasteiger partial charge is 0.330 e. The predicted molar refractivity (Wildman–Crippen MR) is 92.8 cm³/mol. The molecule has 2 aromatic carbocycles. The van der Waals surface area contributed by atoms with Crippen LogP contribution >= 0.6 is 0 Å². The quantitative estimate of drug-likeness (QED) is 0.755. The van der Waals surface area contributed by atoms with Gasteiger partial charge in [-0.15, -0.1) is 0 Å². The third-order valence-corrected chi connectivity index (χ3v) is 3.86. The summed E-state index contributed by atoms with van der Waals surface area (Å²) in [7, 11) is 2.88. The van der Waals surface area contributed by atoms with Crippen molar-refractivity contribution in [3.05, 3.63) is 59.4 Å². The largest absolute Gasteiger partial charge is 0.497 e. The van der Waals surface area contributed by atoms with Gasteiger partial charge in [-0.25, -0.2) is 9.18 Å². The van der Waals surface area contributed by atoms with Gasteiger partial charge in [-0.1, -0.05) is 18.2 Å². The number of ether oxygens (including phenoxy) is 2. The second kappa shape index (κ2) is 8.84. The van der Waals surface area contributed by atoms with Crippen LogP contribution in [0.5, 0.6) is 11.5 Å². The Bertz CT molecular complexity index is 776. The van der Waals surface area contributed by atoms with E-state index in [9.17, 15) is 19.1 Å². The number of benzene rings is 2. The van der Waals surface area contributed by atoms with Crippen molar-refractivity contribution in [1.82, 2.24) is 5.32 Å². The summed E-state index contributed by atoms with van der Waals surface area (Å²) in [5.74, 6) is -1.40. The van der Waals surface area contributed by atoms with E-state index in [1.165, 1.54) is 26.4 Å². The van der Waals surface area contributed by atoms with Crippen molar-refractivity contribution in [3.8, 4) is 11.5 Å². The third kappa shape index (κ3) is 4.95. The van der Waals surface area contributed by atoms with E-state index in [4.69, 9.17) is 9.47 Å². The lowest BCUT2D eigenvalue weighted by atomic mass is 10.1. The summed E-state index contributed by atoms with van der Waals surface area (Å²) in [6, 6.07) is 9.68.